The molecule has 2 rings (SSSR count). The van der Waals surface area contributed by atoms with Gasteiger partial charge in [0.25, 0.3) is 0 Å². The van der Waals surface area contributed by atoms with Gasteiger partial charge in [0.15, 0.2) is 5.96 Å². The van der Waals surface area contributed by atoms with Crippen LogP contribution in [0.2, 0.25) is 0 Å². The first-order valence-electron chi connectivity index (χ1n) is 6.20. The maximum absolute atomic E-state index is 13.7. The largest absolute Gasteiger partial charge is 0.370 e. The predicted molar refractivity (Wildman–Crippen MR) is 75.5 cm³/mol. The molecule has 1 aliphatic heterocycles. The molecule has 1 saturated heterocycles. The zero-order chi connectivity index (χ0) is 13.7. The standard InChI is InChI=1S/C14H17FN4/c1-2-7-17-14(16)19-10-8-18(9-11-19)13-6-4-3-5-12(13)15/h1,3-6H,7-11H2,(H2,16,17). The van der Waals surface area contributed by atoms with Gasteiger partial charge in [-0.15, -0.1) is 6.42 Å². The topological polar surface area (TPSA) is 44.9 Å². The summed E-state index contributed by atoms with van der Waals surface area (Å²) in [4.78, 5) is 8.05. The third kappa shape index (κ3) is 3.16. The molecule has 1 heterocycles. The Morgan fingerprint density at radius 1 is 1.32 bits per heavy atom. The van der Waals surface area contributed by atoms with Crippen molar-refractivity contribution in [3.8, 4) is 12.3 Å². The third-order valence-corrected chi connectivity index (χ3v) is 3.13. The molecule has 5 heteroatoms. The molecule has 4 nitrogen and oxygen atoms in total. The molecule has 0 atom stereocenters. The van der Waals surface area contributed by atoms with Gasteiger partial charge in [-0.1, -0.05) is 18.1 Å². The number of para-hydroxylation sites is 1. The maximum Gasteiger partial charge on any atom is 0.192 e. The second-order valence-corrected chi connectivity index (χ2v) is 4.30. The number of aliphatic imine (C=N–C) groups is 1. The fourth-order valence-electron chi connectivity index (χ4n) is 2.11. The van der Waals surface area contributed by atoms with Crippen molar-refractivity contribution >= 4 is 11.6 Å². The van der Waals surface area contributed by atoms with Crippen molar-refractivity contribution < 1.29 is 4.39 Å². The number of terminal acetylenes is 1. The highest BCUT2D eigenvalue weighted by Crippen LogP contribution is 2.19. The van der Waals surface area contributed by atoms with Crippen molar-refractivity contribution in [2.45, 2.75) is 0 Å². The molecule has 0 unspecified atom stereocenters. The fraction of sp³-hybridized carbons (Fsp3) is 0.357. The number of rotatable bonds is 2. The molecule has 0 spiro atoms. The van der Waals surface area contributed by atoms with Gasteiger partial charge in [-0.05, 0) is 12.1 Å². The zero-order valence-corrected chi connectivity index (χ0v) is 10.7. The lowest BCUT2D eigenvalue weighted by molar-refractivity contribution is 0.379. The molecular weight excluding hydrogens is 243 g/mol. The SMILES string of the molecule is C#CCN=C(N)N1CCN(c2ccccc2F)CC1. The molecular formula is C14H17FN4. The Morgan fingerprint density at radius 3 is 2.63 bits per heavy atom. The summed E-state index contributed by atoms with van der Waals surface area (Å²) >= 11 is 0. The Bertz CT molecular complexity index is 498. The molecule has 0 saturated carbocycles. The van der Waals surface area contributed by atoms with Gasteiger partial charge < -0.3 is 15.5 Å². The van der Waals surface area contributed by atoms with E-state index >= 15 is 0 Å². The fourth-order valence-corrected chi connectivity index (χ4v) is 2.11. The van der Waals surface area contributed by atoms with Crippen LogP contribution < -0.4 is 10.6 Å². The third-order valence-electron chi connectivity index (χ3n) is 3.13. The van der Waals surface area contributed by atoms with E-state index in [4.69, 9.17) is 12.2 Å². The van der Waals surface area contributed by atoms with Crippen molar-refractivity contribution in [1.82, 2.24) is 4.90 Å². The quantitative estimate of drug-likeness (QED) is 0.488. The van der Waals surface area contributed by atoms with Gasteiger partial charge in [0, 0.05) is 26.2 Å². The molecule has 19 heavy (non-hydrogen) atoms. The summed E-state index contributed by atoms with van der Waals surface area (Å²) in [6, 6.07) is 6.80. The highest BCUT2D eigenvalue weighted by molar-refractivity contribution is 5.78. The summed E-state index contributed by atoms with van der Waals surface area (Å²) in [5.74, 6) is 2.70. The Kier molecular flexibility index (Phi) is 4.24. The van der Waals surface area contributed by atoms with Crippen LogP contribution in [0.15, 0.2) is 29.3 Å². The molecule has 1 aliphatic rings. The van der Waals surface area contributed by atoms with Crippen molar-refractivity contribution in [3.63, 3.8) is 0 Å². The molecule has 0 radical (unpaired) electrons. The van der Waals surface area contributed by atoms with E-state index in [1.165, 1.54) is 6.07 Å². The van der Waals surface area contributed by atoms with Crippen LogP contribution in [0, 0.1) is 18.2 Å². The van der Waals surface area contributed by atoms with Crippen LogP contribution in [0.3, 0.4) is 0 Å². The minimum Gasteiger partial charge on any atom is -0.370 e. The van der Waals surface area contributed by atoms with Gasteiger partial charge >= 0.3 is 0 Å². The first kappa shape index (κ1) is 13.2. The summed E-state index contributed by atoms with van der Waals surface area (Å²) in [5, 5.41) is 0. The average molecular weight is 260 g/mol. The van der Waals surface area contributed by atoms with Crippen LogP contribution in [-0.4, -0.2) is 43.6 Å². The Labute approximate surface area is 112 Å². The highest BCUT2D eigenvalue weighted by atomic mass is 19.1. The monoisotopic (exact) mass is 260 g/mol. The number of guanidine groups is 1. The summed E-state index contributed by atoms with van der Waals surface area (Å²) in [5.41, 5.74) is 6.48. The molecule has 1 aromatic rings. The molecule has 1 fully saturated rings. The minimum absolute atomic E-state index is 0.190. The van der Waals surface area contributed by atoms with Crippen LogP contribution >= 0.6 is 0 Å². The zero-order valence-electron chi connectivity index (χ0n) is 10.7. The van der Waals surface area contributed by atoms with Crippen molar-refractivity contribution in [2.75, 3.05) is 37.6 Å². The molecule has 100 valence electrons. The number of nitrogens with two attached hydrogens (primary N) is 1. The Hall–Kier alpha value is -2.22. The van der Waals surface area contributed by atoms with Gasteiger partial charge in [-0.2, -0.15) is 0 Å². The van der Waals surface area contributed by atoms with Crippen molar-refractivity contribution in [1.29, 1.82) is 0 Å². The Morgan fingerprint density at radius 2 is 2.00 bits per heavy atom. The highest BCUT2D eigenvalue weighted by Gasteiger charge is 2.20. The first-order valence-corrected chi connectivity index (χ1v) is 6.20. The molecule has 1 aromatic carbocycles. The lowest BCUT2D eigenvalue weighted by atomic mass is 10.2. The van der Waals surface area contributed by atoms with Crippen molar-refractivity contribution in [2.24, 2.45) is 10.7 Å². The van der Waals surface area contributed by atoms with E-state index in [-0.39, 0.29) is 5.82 Å². The number of piperazine rings is 1. The maximum atomic E-state index is 13.7. The predicted octanol–water partition coefficient (Wildman–Crippen LogP) is 0.896. The lowest BCUT2D eigenvalue weighted by Crippen LogP contribution is -2.51. The van der Waals surface area contributed by atoms with Crippen LogP contribution in [-0.2, 0) is 0 Å². The number of benzene rings is 1. The summed E-state index contributed by atoms with van der Waals surface area (Å²) in [6.07, 6.45) is 5.14. The molecule has 0 amide bonds. The van der Waals surface area contributed by atoms with Gasteiger partial charge in [0.1, 0.15) is 12.4 Å². The molecule has 0 aliphatic carbocycles. The summed E-state index contributed by atoms with van der Waals surface area (Å²) < 4.78 is 13.7. The second kappa shape index (κ2) is 6.10. The van der Waals surface area contributed by atoms with Gasteiger partial charge in [-0.25, -0.2) is 9.38 Å². The van der Waals surface area contributed by atoms with E-state index in [1.807, 2.05) is 15.9 Å². The van der Waals surface area contributed by atoms with Gasteiger partial charge in [0.2, 0.25) is 0 Å². The van der Waals surface area contributed by atoms with Gasteiger partial charge in [-0.3, -0.25) is 0 Å². The number of hydrogen-bond donors (Lipinski definition) is 1. The van der Waals surface area contributed by atoms with E-state index in [0.717, 1.165) is 0 Å². The van der Waals surface area contributed by atoms with E-state index in [9.17, 15) is 4.39 Å². The smallest absolute Gasteiger partial charge is 0.192 e. The van der Waals surface area contributed by atoms with E-state index in [1.54, 1.807) is 12.1 Å². The second-order valence-electron chi connectivity index (χ2n) is 4.30. The van der Waals surface area contributed by atoms with E-state index < -0.39 is 0 Å². The van der Waals surface area contributed by atoms with Gasteiger partial charge in [0.05, 0.1) is 5.69 Å². The molecule has 0 bridgehead atoms. The lowest BCUT2D eigenvalue weighted by Gasteiger charge is -2.36. The first-order chi connectivity index (χ1) is 9.22. The number of anilines is 1. The summed E-state index contributed by atoms with van der Waals surface area (Å²) in [6.45, 7) is 3.16. The van der Waals surface area contributed by atoms with E-state index in [2.05, 4.69) is 10.9 Å². The number of hydrogen-bond acceptors (Lipinski definition) is 2. The van der Waals surface area contributed by atoms with Crippen LogP contribution in [0.1, 0.15) is 0 Å². The number of halogens is 1. The van der Waals surface area contributed by atoms with Crippen LogP contribution in [0.4, 0.5) is 10.1 Å². The number of nitrogens with zero attached hydrogens (tertiary/aromatic N) is 3. The minimum atomic E-state index is -0.190. The molecule has 0 aromatic heterocycles. The normalized spacial score (nSPS) is 16.3. The van der Waals surface area contributed by atoms with Crippen LogP contribution in [0.5, 0.6) is 0 Å². The van der Waals surface area contributed by atoms with E-state index in [0.29, 0.717) is 44.4 Å². The Balaban J connectivity index is 1.97. The summed E-state index contributed by atoms with van der Waals surface area (Å²) in [7, 11) is 0. The molecule has 2 N–H and O–H groups in total. The van der Waals surface area contributed by atoms with Crippen molar-refractivity contribution in [3.05, 3.63) is 30.1 Å². The van der Waals surface area contributed by atoms with Crippen LogP contribution in [0.25, 0.3) is 0 Å². The average Bonchev–Trinajstić information content (AvgIpc) is 2.45.